The molecule has 6 aliphatic carbocycles. The van der Waals surface area contributed by atoms with Gasteiger partial charge in [-0.3, -0.25) is 14.4 Å². The topological polar surface area (TPSA) is 87.0 Å². The molecule has 1 amide bonds. The molecule has 0 aliphatic heterocycles. The van der Waals surface area contributed by atoms with Crippen LogP contribution in [0.2, 0.25) is 5.82 Å². The van der Waals surface area contributed by atoms with Crippen molar-refractivity contribution in [3.63, 3.8) is 0 Å². The highest BCUT2D eigenvalue weighted by atomic mass is 16.2. The standard InChI is InChI=1S/C42H62BN2O3/c1-37(2)20-22-42(36(48)45-43-29-16-14-12-10-8-9-11-13-15-17-29)23-21-41(7)34(30(42)26-37)31(46)24-33-39(5)25-28(27-44)35(47)38(3,4)32(39)18-19-40(33,41)6/h24-25,29-30,32,34H,8-23,26H2,1-7H3,(H,45,48)/t30-,32-,34-,39-,40+,41+,42?/m0/s1. The molecule has 1 N–H and O–H groups in total. The Kier molecular flexibility index (Phi) is 9.33. The molecule has 4 fully saturated rings. The number of nitrogens with one attached hydrogen (secondary N) is 1. The van der Waals surface area contributed by atoms with Crippen LogP contribution in [0.5, 0.6) is 0 Å². The number of ketones is 2. The average Bonchev–Trinajstić information content (AvgIpc) is 3.08. The number of rotatable bonds is 3. The number of Topliss-reactive ketones (excluding diaryl/α,β-unsaturated/α-hetero) is 1. The summed E-state index contributed by atoms with van der Waals surface area (Å²) >= 11 is 0. The van der Waals surface area contributed by atoms with E-state index in [-0.39, 0.29) is 57.0 Å². The van der Waals surface area contributed by atoms with Gasteiger partial charge in [-0.25, -0.2) is 0 Å². The van der Waals surface area contributed by atoms with Crippen molar-refractivity contribution in [2.24, 2.45) is 50.2 Å². The Morgan fingerprint density at radius 3 is 2.06 bits per heavy atom. The first-order chi connectivity index (χ1) is 22.6. The van der Waals surface area contributed by atoms with Crippen LogP contribution in [0.15, 0.2) is 23.3 Å². The fourth-order valence-corrected chi connectivity index (χ4v) is 12.6. The number of carbonyl (C=O) groups excluding carboxylic acids is 3. The van der Waals surface area contributed by atoms with Crippen LogP contribution < -0.4 is 5.23 Å². The summed E-state index contributed by atoms with van der Waals surface area (Å²) in [5, 5.41) is 13.5. The third-order valence-corrected chi connectivity index (χ3v) is 15.7. The van der Waals surface area contributed by atoms with Crippen molar-refractivity contribution in [3.8, 4) is 6.07 Å². The van der Waals surface area contributed by atoms with Crippen LogP contribution >= 0.6 is 0 Å². The molecule has 0 saturated heterocycles. The normalized spacial score (nSPS) is 41.4. The smallest absolute Gasteiger partial charge is 0.249 e. The number of fused-ring (bicyclic) bond motifs is 7. The number of allylic oxidation sites excluding steroid dienone is 4. The molecule has 7 atom stereocenters. The van der Waals surface area contributed by atoms with Gasteiger partial charge in [0.1, 0.15) is 6.07 Å². The van der Waals surface area contributed by atoms with Crippen molar-refractivity contribution in [1.29, 1.82) is 5.26 Å². The minimum absolute atomic E-state index is 0.0109. The van der Waals surface area contributed by atoms with Crippen molar-refractivity contribution in [1.82, 2.24) is 5.23 Å². The lowest BCUT2D eigenvalue weighted by molar-refractivity contribution is -0.177. The number of hydrogen-bond donors (Lipinski definition) is 1. The number of carbonyl (C=O) groups is 3. The molecule has 6 heteroatoms. The zero-order chi connectivity index (χ0) is 34.8. The molecule has 261 valence electrons. The van der Waals surface area contributed by atoms with Crippen molar-refractivity contribution in [3.05, 3.63) is 23.3 Å². The minimum atomic E-state index is -0.671. The maximum absolute atomic E-state index is 14.9. The van der Waals surface area contributed by atoms with E-state index in [2.05, 4.69) is 53.3 Å². The molecule has 6 aliphatic rings. The third-order valence-electron chi connectivity index (χ3n) is 15.7. The van der Waals surface area contributed by atoms with Gasteiger partial charge in [-0.15, -0.1) is 0 Å². The van der Waals surface area contributed by atoms with E-state index in [1.54, 1.807) is 0 Å². The van der Waals surface area contributed by atoms with Crippen LogP contribution in [-0.2, 0) is 14.4 Å². The highest BCUT2D eigenvalue weighted by Crippen LogP contribution is 2.74. The zero-order valence-electron chi connectivity index (χ0n) is 31.2. The summed E-state index contributed by atoms with van der Waals surface area (Å²) < 4.78 is 0. The fourth-order valence-electron chi connectivity index (χ4n) is 12.6. The molecule has 0 aromatic carbocycles. The quantitative estimate of drug-likeness (QED) is 0.307. The second-order valence-electron chi connectivity index (χ2n) is 19.2. The summed E-state index contributed by atoms with van der Waals surface area (Å²) in [4.78, 5) is 42.9. The first-order valence-corrected chi connectivity index (χ1v) is 19.6. The summed E-state index contributed by atoms with van der Waals surface area (Å²) in [5.41, 5.74) is -0.900. The minimum Gasteiger partial charge on any atom is -0.403 e. The highest BCUT2D eigenvalue weighted by molar-refractivity contribution is 6.39. The van der Waals surface area contributed by atoms with Gasteiger partial charge in [0.05, 0.1) is 11.0 Å². The second kappa shape index (κ2) is 12.6. The molecule has 48 heavy (non-hydrogen) atoms. The monoisotopic (exact) mass is 653 g/mol. The van der Waals surface area contributed by atoms with Gasteiger partial charge in [-0.05, 0) is 84.9 Å². The average molecular weight is 654 g/mol. The van der Waals surface area contributed by atoms with Gasteiger partial charge >= 0.3 is 0 Å². The molecular formula is C42H62BN2O3. The van der Waals surface area contributed by atoms with E-state index in [0.717, 1.165) is 63.4 Å². The van der Waals surface area contributed by atoms with Crippen LogP contribution in [0.25, 0.3) is 0 Å². The van der Waals surface area contributed by atoms with E-state index in [1.807, 2.05) is 26.0 Å². The number of nitrogens with zero attached hydrogens (tertiary/aromatic N) is 1. The van der Waals surface area contributed by atoms with Gasteiger partial charge in [0.25, 0.3) is 0 Å². The summed E-state index contributed by atoms with van der Waals surface area (Å²) in [5.74, 6) is 0.482. The second-order valence-corrected chi connectivity index (χ2v) is 19.2. The Morgan fingerprint density at radius 2 is 1.44 bits per heavy atom. The van der Waals surface area contributed by atoms with E-state index in [1.165, 1.54) is 51.4 Å². The Balaban J connectivity index is 1.34. The van der Waals surface area contributed by atoms with Gasteiger partial charge < -0.3 is 5.23 Å². The van der Waals surface area contributed by atoms with Gasteiger partial charge in [-0.2, -0.15) is 5.26 Å². The van der Waals surface area contributed by atoms with Crippen molar-refractivity contribution in [2.75, 3.05) is 0 Å². The van der Waals surface area contributed by atoms with Gasteiger partial charge in [0, 0.05) is 16.7 Å². The molecule has 1 unspecified atom stereocenters. The van der Waals surface area contributed by atoms with E-state index in [9.17, 15) is 19.6 Å². The van der Waals surface area contributed by atoms with Crippen LogP contribution in [0, 0.1) is 61.6 Å². The molecule has 0 bridgehead atoms. The van der Waals surface area contributed by atoms with Crippen LogP contribution in [0.3, 0.4) is 0 Å². The lowest BCUT2D eigenvalue weighted by atomic mass is 9.34. The number of nitriles is 1. The summed E-state index contributed by atoms with van der Waals surface area (Å²) in [7, 11) is 2.16. The van der Waals surface area contributed by atoms with E-state index < -0.39 is 16.2 Å². The summed E-state index contributed by atoms with van der Waals surface area (Å²) in [6.45, 7) is 15.6. The largest absolute Gasteiger partial charge is 0.403 e. The predicted octanol–water partition coefficient (Wildman–Crippen LogP) is 9.64. The van der Waals surface area contributed by atoms with E-state index in [0.29, 0.717) is 5.82 Å². The molecular weight excluding hydrogens is 591 g/mol. The van der Waals surface area contributed by atoms with E-state index in [4.69, 9.17) is 0 Å². The third kappa shape index (κ3) is 5.51. The Bertz CT molecular complexity index is 1420. The Morgan fingerprint density at radius 1 is 0.833 bits per heavy atom. The summed E-state index contributed by atoms with van der Waals surface area (Å²) in [6, 6.07) is 2.22. The SMILES string of the molecule is CC1(C)CCC2(C(=O)N[B]C3CCCCCCCCCC3)CC[C@]3(C)[C@H](C(=O)C=C4[C@@]5(C)C=C(C#N)C(=O)C(C)(C)[C@@H]5CC[C@]43C)[C@@H]2C1. The number of amides is 1. The van der Waals surface area contributed by atoms with Gasteiger partial charge in [0.2, 0.25) is 13.3 Å². The van der Waals surface area contributed by atoms with Crippen molar-refractivity contribution < 1.29 is 14.4 Å². The maximum atomic E-state index is 14.9. The molecule has 0 spiro atoms. The van der Waals surface area contributed by atoms with Crippen molar-refractivity contribution >= 4 is 24.9 Å². The first-order valence-electron chi connectivity index (χ1n) is 19.6. The number of hydrogen-bond acceptors (Lipinski definition) is 4. The van der Waals surface area contributed by atoms with Gasteiger partial charge in [-0.1, -0.05) is 124 Å². The molecule has 0 heterocycles. The molecule has 5 nitrogen and oxygen atoms in total. The van der Waals surface area contributed by atoms with Gasteiger partial charge in [0.15, 0.2) is 11.6 Å². The first kappa shape index (κ1) is 35.7. The maximum Gasteiger partial charge on any atom is 0.249 e. The highest BCUT2D eigenvalue weighted by Gasteiger charge is 2.70. The van der Waals surface area contributed by atoms with Crippen LogP contribution in [-0.4, -0.2) is 24.9 Å². The Hall–Kier alpha value is -2.16. The fraction of sp³-hybridized carbons (Fsp3) is 0.810. The molecule has 0 aromatic heterocycles. The Labute approximate surface area is 292 Å². The lowest BCUT2D eigenvalue weighted by Crippen LogP contribution is -2.66. The predicted molar refractivity (Wildman–Crippen MR) is 193 cm³/mol. The zero-order valence-corrected chi connectivity index (χ0v) is 31.2. The summed E-state index contributed by atoms with van der Waals surface area (Å²) in [6.07, 6.45) is 22.8. The molecule has 1 radical (unpaired) electrons. The molecule has 6 rings (SSSR count). The van der Waals surface area contributed by atoms with Crippen molar-refractivity contribution in [2.45, 2.75) is 163 Å². The van der Waals surface area contributed by atoms with E-state index >= 15 is 0 Å². The lowest BCUT2D eigenvalue weighted by Gasteiger charge is -2.69. The van der Waals surface area contributed by atoms with Crippen LogP contribution in [0.4, 0.5) is 0 Å². The van der Waals surface area contributed by atoms with Crippen LogP contribution in [0.1, 0.15) is 158 Å². The molecule has 4 saturated carbocycles. The molecule has 0 aromatic rings.